The maximum Gasteiger partial charge on any atom is 0.124 e. The van der Waals surface area contributed by atoms with Crippen molar-refractivity contribution >= 4 is 0 Å². The molecule has 0 aromatic heterocycles. The Bertz CT molecular complexity index is 1100. The Morgan fingerprint density at radius 2 is 0.854 bits per heavy atom. The molecule has 266 valence electrons. The van der Waals surface area contributed by atoms with Crippen molar-refractivity contribution in [2.24, 2.45) is 11.8 Å². The summed E-state index contributed by atoms with van der Waals surface area (Å²) in [6.07, 6.45) is 21.5. The first-order valence-electron chi connectivity index (χ1n) is 20.2. The third-order valence-electron chi connectivity index (χ3n) is 11.7. The average Bonchev–Trinajstić information content (AvgIpc) is 3.75. The van der Waals surface area contributed by atoms with Crippen molar-refractivity contribution in [2.45, 2.75) is 115 Å². The molecule has 0 amide bonds. The van der Waals surface area contributed by atoms with Crippen LogP contribution >= 0.6 is 0 Å². The lowest BCUT2D eigenvalue weighted by atomic mass is 9.91. The lowest BCUT2D eigenvalue weighted by Crippen LogP contribution is -2.31. The van der Waals surface area contributed by atoms with Gasteiger partial charge in [0.1, 0.15) is 11.5 Å². The second kappa shape index (κ2) is 19.9. The Morgan fingerprint density at radius 3 is 1.29 bits per heavy atom. The second-order valence-corrected chi connectivity index (χ2v) is 15.2. The van der Waals surface area contributed by atoms with Crippen LogP contribution in [0.3, 0.4) is 0 Å². The Labute approximate surface area is 292 Å². The number of benzene rings is 2. The highest BCUT2D eigenvalue weighted by Crippen LogP contribution is 2.45. The first-order valence-corrected chi connectivity index (χ1v) is 20.2. The molecule has 48 heavy (non-hydrogen) atoms. The van der Waals surface area contributed by atoms with Gasteiger partial charge in [0.25, 0.3) is 0 Å². The van der Waals surface area contributed by atoms with Crippen LogP contribution in [0.25, 0.3) is 0 Å². The van der Waals surface area contributed by atoms with E-state index in [1.807, 2.05) is 0 Å². The van der Waals surface area contributed by atoms with Crippen LogP contribution in [0, 0.1) is 11.8 Å². The van der Waals surface area contributed by atoms with Gasteiger partial charge in [0, 0.05) is 35.0 Å². The van der Waals surface area contributed by atoms with Crippen molar-refractivity contribution in [3.63, 3.8) is 0 Å². The van der Waals surface area contributed by atoms with Crippen molar-refractivity contribution in [3.8, 4) is 11.5 Å². The van der Waals surface area contributed by atoms with Gasteiger partial charge in [0.05, 0.1) is 13.2 Å². The summed E-state index contributed by atoms with van der Waals surface area (Å²) in [6, 6.07) is 18.6. The fourth-order valence-corrected chi connectivity index (χ4v) is 9.01. The minimum atomic E-state index is 0.588. The molecule has 2 aromatic rings. The zero-order valence-electron chi connectivity index (χ0n) is 30.0. The van der Waals surface area contributed by atoms with Gasteiger partial charge in [-0.1, -0.05) is 87.8 Å². The number of likely N-dealkylation sites (tertiary alicyclic amines) is 2. The van der Waals surface area contributed by atoms with Gasteiger partial charge >= 0.3 is 0 Å². The number of para-hydroxylation sites is 2. The predicted octanol–water partition coefficient (Wildman–Crippen LogP) is 8.54. The van der Waals surface area contributed by atoms with Gasteiger partial charge in [0.15, 0.2) is 0 Å². The molecule has 4 aliphatic rings. The summed E-state index contributed by atoms with van der Waals surface area (Å²) in [7, 11) is 0. The van der Waals surface area contributed by atoms with Crippen LogP contribution in [0.5, 0.6) is 11.5 Å². The second-order valence-electron chi connectivity index (χ2n) is 15.2. The molecule has 0 bridgehead atoms. The third-order valence-corrected chi connectivity index (χ3v) is 11.7. The first kappa shape index (κ1) is 35.7. The molecule has 6 rings (SSSR count). The SMILES string of the molecule is c1ccc2c(c1)OC[C@@H]1CCN(CCCCCCNCCCCCCCCNCCCCCCN3CC[C@@H]4COc5ccccc5[C@@H]43)[C@H]21. The van der Waals surface area contributed by atoms with Gasteiger partial charge in [-0.05, 0) is 116 Å². The van der Waals surface area contributed by atoms with E-state index in [0.29, 0.717) is 23.9 Å². The monoisotopic (exact) mass is 659 g/mol. The Balaban J connectivity index is 0.663. The van der Waals surface area contributed by atoms with Crippen molar-refractivity contribution in [3.05, 3.63) is 59.7 Å². The number of ether oxygens (including phenoxy) is 2. The van der Waals surface area contributed by atoms with Gasteiger partial charge in [-0.15, -0.1) is 0 Å². The van der Waals surface area contributed by atoms with E-state index in [2.05, 4.69) is 69.0 Å². The molecular weight excluding hydrogens is 592 g/mol. The van der Waals surface area contributed by atoms with Gasteiger partial charge in [0.2, 0.25) is 0 Å². The highest BCUT2D eigenvalue weighted by Gasteiger charge is 2.40. The van der Waals surface area contributed by atoms with E-state index in [1.165, 1.54) is 166 Å². The zero-order valence-corrected chi connectivity index (χ0v) is 30.0. The summed E-state index contributed by atoms with van der Waals surface area (Å²) < 4.78 is 12.0. The molecule has 0 spiro atoms. The summed E-state index contributed by atoms with van der Waals surface area (Å²) in [5.74, 6) is 3.60. The van der Waals surface area contributed by atoms with E-state index < -0.39 is 0 Å². The molecule has 0 aliphatic carbocycles. The van der Waals surface area contributed by atoms with Crippen LogP contribution in [0.15, 0.2) is 48.5 Å². The van der Waals surface area contributed by atoms with Gasteiger partial charge < -0.3 is 20.1 Å². The fourth-order valence-electron chi connectivity index (χ4n) is 9.01. The molecule has 2 N–H and O–H groups in total. The summed E-state index contributed by atoms with van der Waals surface area (Å²) in [6.45, 7) is 11.5. The summed E-state index contributed by atoms with van der Waals surface area (Å²) in [4.78, 5) is 5.47. The fraction of sp³-hybridized carbons (Fsp3) is 0.714. The van der Waals surface area contributed by atoms with E-state index in [-0.39, 0.29) is 0 Å². The van der Waals surface area contributed by atoms with Crippen LogP contribution < -0.4 is 20.1 Å². The molecule has 2 aromatic carbocycles. The average molecular weight is 659 g/mol. The predicted molar refractivity (Wildman–Crippen MR) is 199 cm³/mol. The van der Waals surface area contributed by atoms with Crippen LogP contribution in [0.1, 0.15) is 126 Å². The molecule has 2 saturated heterocycles. The van der Waals surface area contributed by atoms with Crippen molar-refractivity contribution in [1.82, 2.24) is 20.4 Å². The van der Waals surface area contributed by atoms with E-state index in [9.17, 15) is 0 Å². The molecule has 0 saturated carbocycles. The summed E-state index contributed by atoms with van der Waals surface area (Å²) in [5.41, 5.74) is 2.85. The van der Waals surface area contributed by atoms with Gasteiger partial charge in [-0.25, -0.2) is 0 Å². The first-order chi connectivity index (χ1) is 23.9. The largest absolute Gasteiger partial charge is 0.493 e. The standard InChI is InChI=1S/C42H66N4O2/c1(3-13-25-43-27-15-5-7-17-29-45-31-23-35-33-47-39-21-11-9-19-37(39)41(35)45)2-4-14-26-44-28-16-6-8-18-30-46-32-24-36-34-48-40-22-12-10-20-38(40)42(36)46/h9-12,19-22,35-36,41-44H,1-8,13-18,23-34H2/t35-,36+,41-,42+. The van der Waals surface area contributed by atoms with Crippen LogP contribution in [-0.2, 0) is 0 Å². The van der Waals surface area contributed by atoms with E-state index in [4.69, 9.17) is 9.47 Å². The number of fused-ring (bicyclic) bond motifs is 6. The molecule has 4 heterocycles. The van der Waals surface area contributed by atoms with Crippen molar-refractivity contribution in [2.75, 3.05) is 65.6 Å². The normalized spacial score (nSPS) is 23.2. The quantitative estimate of drug-likeness (QED) is 0.117. The summed E-state index contributed by atoms with van der Waals surface area (Å²) in [5, 5.41) is 7.39. The molecule has 6 heteroatoms. The smallest absolute Gasteiger partial charge is 0.124 e. The topological polar surface area (TPSA) is 49.0 Å². The van der Waals surface area contributed by atoms with Gasteiger partial charge in [-0.2, -0.15) is 0 Å². The third kappa shape index (κ3) is 10.2. The van der Waals surface area contributed by atoms with Crippen molar-refractivity contribution < 1.29 is 9.47 Å². The molecule has 4 aliphatic heterocycles. The summed E-state index contributed by atoms with van der Waals surface area (Å²) >= 11 is 0. The number of nitrogens with zero attached hydrogens (tertiary/aromatic N) is 2. The van der Waals surface area contributed by atoms with Gasteiger partial charge in [-0.3, -0.25) is 9.80 Å². The van der Waals surface area contributed by atoms with E-state index in [1.54, 1.807) is 0 Å². The maximum absolute atomic E-state index is 6.02. The minimum absolute atomic E-state index is 0.588. The molecular formula is C42H66N4O2. The lowest BCUT2D eigenvalue weighted by molar-refractivity contribution is 0.146. The highest BCUT2D eigenvalue weighted by atomic mass is 16.5. The number of unbranched alkanes of at least 4 members (excludes halogenated alkanes) is 11. The highest BCUT2D eigenvalue weighted by molar-refractivity contribution is 5.39. The molecule has 0 unspecified atom stereocenters. The molecule has 4 atom stereocenters. The Kier molecular flexibility index (Phi) is 14.8. The van der Waals surface area contributed by atoms with Crippen LogP contribution in [0.2, 0.25) is 0 Å². The van der Waals surface area contributed by atoms with Crippen molar-refractivity contribution in [1.29, 1.82) is 0 Å². The van der Waals surface area contributed by atoms with E-state index >= 15 is 0 Å². The Hall–Kier alpha value is -2.12. The Morgan fingerprint density at radius 1 is 0.479 bits per heavy atom. The minimum Gasteiger partial charge on any atom is -0.493 e. The van der Waals surface area contributed by atoms with Crippen LogP contribution in [-0.4, -0.2) is 75.4 Å². The van der Waals surface area contributed by atoms with Crippen LogP contribution in [0.4, 0.5) is 0 Å². The number of nitrogens with one attached hydrogen (secondary N) is 2. The number of hydrogen-bond acceptors (Lipinski definition) is 6. The number of rotatable bonds is 23. The maximum atomic E-state index is 6.02. The molecule has 0 radical (unpaired) electrons. The molecule has 2 fully saturated rings. The van der Waals surface area contributed by atoms with E-state index in [0.717, 1.165) is 24.7 Å². The lowest BCUT2D eigenvalue weighted by Gasteiger charge is -2.33. The molecule has 6 nitrogen and oxygen atoms in total. The zero-order chi connectivity index (χ0) is 32.6. The number of hydrogen-bond donors (Lipinski definition) is 2.